The van der Waals surface area contributed by atoms with E-state index in [0.717, 1.165) is 38.6 Å². The Morgan fingerprint density at radius 2 is 1.91 bits per heavy atom. The Bertz CT molecular complexity index is 292. The summed E-state index contributed by atoms with van der Waals surface area (Å²) in [6.45, 7) is 12.6. The summed E-state index contributed by atoms with van der Waals surface area (Å²) in [6, 6.07) is 0.432. The predicted molar refractivity (Wildman–Crippen MR) is 107 cm³/mol. The monoisotopic (exact) mass is 428 g/mol. The first-order chi connectivity index (χ1) is 9.78. The van der Waals surface area contributed by atoms with Gasteiger partial charge >= 0.3 is 0 Å². The largest absolute Gasteiger partial charge is 0.383 e. The van der Waals surface area contributed by atoms with Crippen molar-refractivity contribution in [2.24, 2.45) is 10.4 Å². The molecule has 0 aromatic heterocycles. The molecule has 0 aliphatic rings. The van der Waals surface area contributed by atoms with E-state index < -0.39 is 0 Å². The number of halogens is 1. The Hall–Kier alpha value is -0.0800. The highest BCUT2D eigenvalue weighted by molar-refractivity contribution is 14.0. The van der Waals surface area contributed by atoms with Crippen LogP contribution < -0.4 is 10.6 Å². The van der Waals surface area contributed by atoms with Crippen molar-refractivity contribution in [2.45, 2.75) is 46.6 Å². The summed E-state index contributed by atoms with van der Waals surface area (Å²) in [7, 11) is 5.65. The number of ether oxygens (including phenoxy) is 1. The Balaban J connectivity index is 0. The van der Waals surface area contributed by atoms with Crippen LogP contribution in [0.15, 0.2) is 4.99 Å². The normalized spacial score (nSPS) is 13.7. The van der Waals surface area contributed by atoms with Crippen molar-refractivity contribution >= 4 is 29.9 Å². The van der Waals surface area contributed by atoms with Crippen LogP contribution in [-0.4, -0.2) is 64.3 Å². The van der Waals surface area contributed by atoms with Gasteiger partial charge in [0.2, 0.25) is 0 Å². The molecule has 1 unspecified atom stereocenters. The molecular weight excluding hydrogens is 391 g/mol. The Kier molecular flexibility index (Phi) is 14.7. The van der Waals surface area contributed by atoms with Crippen LogP contribution in [0.2, 0.25) is 0 Å². The molecule has 0 saturated heterocycles. The highest BCUT2D eigenvalue weighted by Crippen LogP contribution is 2.21. The van der Waals surface area contributed by atoms with Gasteiger partial charge in [0.1, 0.15) is 0 Å². The number of nitrogens with zero attached hydrogens (tertiary/aromatic N) is 2. The molecule has 0 radical (unpaired) electrons. The highest BCUT2D eigenvalue weighted by Gasteiger charge is 2.13. The van der Waals surface area contributed by atoms with E-state index in [2.05, 4.69) is 55.3 Å². The number of methoxy groups -OCH3 is 1. The maximum absolute atomic E-state index is 5.07. The fourth-order valence-electron chi connectivity index (χ4n) is 1.87. The van der Waals surface area contributed by atoms with Gasteiger partial charge in [0.05, 0.1) is 6.61 Å². The lowest BCUT2D eigenvalue weighted by molar-refractivity contribution is 0.162. The number of hydrogen-bond donors (Lipinski definition) is 2. The minimum Gasteiger partial charge on any atom is -0.383 e. The molecule has 5 nitrogen and oxygen atoms in total. The van der Waals surface area contributed by atoms with Crippen molar-refractivity contribution in [1.29, 1.82) is 0 Å². The van der Waals surface area contributed by atoms with Crippen molar-refractivity contribution in [3.8, 4) is 0 Å². The first kappa shape index (κ1) is 24.2. The van der Waals surface area contributed by atoms with E-state index in [1.165, 1.54) is 6.42 Å². The van der Waals surface area contributed by atoms with Crippen LogP contribution in [0.3, 0.4) is 0 Å². The molecule has 2 N–H and O–H groups in total. The number of likely N-dealkylation sites (N-methyl/N-ethyl adjacent to an activating group) is 1. The molecule has 0 aliphatic heterocycles. The van der Waals surface area contributed by atoms with Crippen LogP contribution >= 0.6 is 24.0 Å². The average Bonchev–Trinajstić information content (AvgIpc) is 2.41. The smallest absolute Gasteiger partial charge is 0.191 e. The molecule has 1 atom stereocenters. The van der Waals surface area contributed by atoms with E-state index in [0.29, 0.717) is 11.5 Å². The molecule has 0 heterocycles. The summed E-state index contributed by atoms with van der Waals surface area (Å²) in [6.07, 6.45) is 2.36. The Morgan fingerprint density at radius 3 is 2.41 bits per heavy atom. The lowest BCUT2D eigenvalue weighted by Gasteiger charge is -2.23. The van der Waals surface area contributed by atoms with E-state index in [1.54, 1.807) is 7.11 Å². The van der Waals surface area contributed by atoms with Gasteiger partial charge in [0.25, 0.3) is 0 Å². The van der Waals surface area contributed by atoms with E-state index in [-0.39, 0.29) is 24.0 Å². The minimum absolute atomic E-state index is 0. The molecule has 0 bridgehead atoms. The van der Waals surface area contributed by atoms with Gasteiger partial charge in [-0.1, -0.05) is 20.8 Å². The molecular formula is C16H37IN4O. The quantitative estimate of drug-likeness (QED) is 0.337. The van der Waals surface area contributed by atoms with Crippen molar-refractivity contribution in [2.75, 3.05) is 47.4 Å². The van der Waals surface area contributed by atoms with Crippen molar-refractivity contribution in [3.05, 3.63) is 0 Å². The SMILES string of the molecule is CN=C(NCCN(C)CCOC)NC(C)CCC(C)(C)C.I. The van der Waals surface area contributed by atoms with E-state index in [4.69, 9.17) is 4.74 Å². The van der Waals surface area contributed by atoms with Gasteiger partial charge in [-0.3, -0.25) is 4.99 Å². The third-order valence-corrected chi connectivity index (χ3v) is 3.40. The highest BCUT2D eigenvalue weighted by atomic mass is 127. The second-order valence-corrected chi connectivity index (χ2v) is 6.94. The molecule has 6 heteroatoms. The van der Waals surface area contributed by atoms with Crippen LogP contribution in [0.4, 0.5) is 0 Å². The summed E-state index contributed by atoms with van der Waals surface area (Å²) in [5, 5.41) is 6.81. The van der Waals surface area contributed by atoms with Gasteiger partial charge in [0, 0.05) is 39.8 Å². The maximum atomic E-state index is 5.07. The predicted octanol–water partition coefficient (Wildman–Crippen LogP) is 2.56. The maximum Gasteiger partial charge on any atom is 0.191 e. The lowest BCUT2D eigenvalue weighted by atomic mass is 9.89. The molecule has 0 rings (SSSR count). The fraction of sp³-hybridized carbons (Fsp3) is 0.938. The second-order valence-electron chi connectivity index (χ2n) is 6.94. The average molecular weight is 428 g/mol. The van der Waals surface area contributed by atoms with Crippen molar-refractivity contribution in [1.82, 2.24) is 15.5 Å². The Morgan fingerprint density at radius 1 is 1.27 bits per heavy atom. The summed E-state index contributed by atoms with van der Waals surface area (Å²) in [5.41, 5.74) is 0.386. The van der Waals surface area contributed by atoms with Crippen LogP contribution in [-0.2, 0) is 4.74 Å². The molecule has 0 amide bonds. The Labute approximate surface area is 154 Å². The summed E-state index contributed by atoms with van der Waals surface area (Å²) < 4.78 is 5.07. The van der Waals surface area contributed by atoms with Crippen molar-refractivity contribution in [3.63, 3.8) is 0 Å². The van der Waals surface area contributed by atoms with Gasteiger partial charge < -0.3 is 20.3 Å². The van der Waals surface area contributed by atoms with Gasteiger partial charge in [-0.05, 0) is 32.2 Å². The van der Waals surface area contributed by atoms with E-state index in [9.17, 15) is 0 Å². The second kappa shape index (κ2) is 13.4. The topological polar surface area (TPSA) is 48.9 Å². The van der Waals surface area contributed by atoms with Crippen LogP contribution in [0, 0.1) is 5.41 Å². The standard InChI is InChI=1S/C16H36N4O.HI/c1-14(8-9-16(2,3)4)19-15(17-5)18-10-11-20(6)12-13-21-7;/h14H,8-13H2,1-7H3,(H2,17,18,19);1H. The van der Waals surface area contributed by atoms with Gasteiger partial charge in [-0.2, -0.15) is 0 Å². The van der Waals surface area contributed by atoms with Crippen molar-refractivity contribution < 1.29 is 4.74 Å². The van der Waals surface area contributed by atoms with Crippen LogP contribution in [0.5, 0.6) is 0 Å². The molecule has 0 spiro atoms. The summed E-state index contributed by atoms with van der Waals surface area (Å²) in [5.74, 6) is 0.886. The molecule has 0 aliphatic carbocycles. The van der Waals surface area contributed by atoms with Crippen LogP contribution in [0.25, 0.3) is 0 Å². The number of aliphatic imine (C=N–C) groups is 1. The third-order valence-electron chi connectivity index (χ3n) is 3.40. The first-order valence-electron chi connectivity index (χ1n) is 7.93. The van der Waals surface area contributed by atoms with Gasteiger partial charge in [-0.25, -0.2) is 0 Å². The number of hydrogen-bond acceptors (Lipinski definition) is 3. The zero-order valence-electron chi connectivity index (χ0n) is 15.5. The van der Waals surface area contributed by atoms with Gasteiger partial charge in [0.15, 0.2) is 5.96 Å². The van der Waals surface area contributed by atoms with E-state index >= 15 is 0 Å². The van der Waals surface area contributed by atoms with Crippen LogP contribution in [0.1, 0.15) is 40.5 Å². The minimum atomic E-state index is 0. The fourth-order valence-corrected chi connectivity index (χ4v) is 1.87. The molecule has 0 aromatic rings. The van der Waals surface area contributed by atoms with Gasteiger partial charge in [-0.15, -0.1) is 24.0 Å². The third kappa shape index (κ3) is 14.8. The first-order valence-corrected chi connectivity index (χ1v) is 7.93. The lowest BCUT2D eigenvalue weighted by Crippen LogP contribution is -2.44. The molecule has 0 aromatic carbocycles. The summed E-state index contributed by atoms with van der Waals surface area (Å²) in [4.78, 5) is 6.53. The number of rotatable bonds is 9. The zero-order chi connectivity index (χ0) is 16.3. The zero-order valence-corrected chi connectivity index (χ0v) is 17.9. The number of nitrogens with one attached hydrogen (secondary N) is 2. The molecule has 134 valence electrons. The molecule has 0 fully saturated rings. The number of guanidine groups is 1. The van der Waals surface area contributed by atoms with E-state index in [1.807, 2.05) is 7.05 Å². The molecule has 22 heavy (non-hydrogen) atoms. The molecule has 0 saturated carbocycles. The summed E-state index contributed by atoms with van der Waals surface area (Å²) >= 11 is 0.